The van der Waals surface area contributed by atoms with Crippen LogP contribution in [0, 0.1) is 11.3 Å². The van der Waals surface area contributed by atoms with Crippen LogP contribution in [0.15, 0.2) is 344 Å². The molecule has 0 spiro atoms. The second-order valence-electron chi connectivity index (χ2n) is 24.9. The molecule has 19 rings (SSSR count). The topological polar surface area (TPSA) is 75.6 Å². The molecule has 0 aliphatic carbocycles. The molecule has 0 aliphatic rings. The average molecular weight is 1230 g/mol. The minimum Gasteiger partial charge on any atom is -0.436 e. The summed E-state index contributed by atoms with van der Waals surface area (Å²) in [5.74, 6) is 0.614. The summed E-state index contributed by atoms with van der Waals surface area (Å²) in [6.45, 7) is 0. The highest BCUT2D eigenvalue weighted by Gasteiger charge is 2.20. The van der Waals surface area contributed by atoms with Gasteiger partial charge in [0, 0.05) is 38.2 Å². The molecule has 0 unspecified atom stereocenters. The molecule has 5 heteroatoms. The van der Waals surface area contributed by atoms with Gasteiger partial charge in [0.2, 0.25) is 5.89 Å². The highest BCUT2D eigenvalue weighted by atomic mass is 16.3. The van der Waals surface area contributed by atoms with Gasteiger partial charge in [0.05, 0.1) is 34.1 Å². The SMILES string of the molecule is N#Cc1ccc(-c2ccc(-c3cc(-c4ccc5ccccc5c4)c4cc(-c5ccc6ccccc6c5)c5ccccc5c4n3)cc2)cc1.c1ccc2cc(-c3cc4c(-c5ccc6ccccc6c5)cc(-c5ccc(-c6nc7ccccc7o6)cc5)nc4c4ccccc34)ccc2c1. The van der Waals surface area contributed by atoms with Crippen LogP contribution >= 0.6 is 0 Å². The quantitative estimate of drug-likeness (QED) is 0.142. The summed E-state index contributed by atoms with van der Waals surface area (Å²) in [5.41, 5.74) is 20.8. The molecule has 450 valence electrons. The van der Waals surface area contributed by atoms with Crippen LogP contribution in [0.25, 0.3) is 187 Å². The molecule has 0 saturated heterocycles. The fourth-order valence-corrected chi connectivity index (χ4v) is 14.1. The fourth-order valence-electron chi connectivity index (χ4n) is 14.1. The number of nitriles is 1. The zero-order valence-electron chi connectivity index (χ0n) is 52.5. The Morgan fingerprint density at radius 3 is 0.959 bits per heavy atom. The third-order valence-electron chi connectivity index (χ3n) is 19.1. The molecule has 0 radical (unpaired) electrons. The second-order valence-corrected chi connectivity index (χ2v) is 24.9. The predicted molar refractivity (Wildman–Crippen MR) is 404 cm³/mol. The highest BCUT2D eigenvalue weighted by Crippen LogP contribution is 2.44. The maximum absolute atomic E-state index is 9.21. The molecule has 3 aromatic heterocycles. The summed E-state index contributed by atoms with van der Waals surface area (Å²) >= 11 is 0. The van der Waals surface area contributed by atoms with Gasteiger partial charge in [-0.05, 0) is 194 Å². The van der Waals surface area contributed by atoms with Crippen LogP contribution in [0.4, 0.5) is 0 Å². The van der Waals surface area contributed by atoms with Crippen molar-refractivity contribution in [3.8, 4) is 95.7 Å². The Kier molecular flexibility index (Phi) is 13.9. The lowest BCUT2D eigenvalue weighted by Crippen LogP contribution is -1.93. The van der Waals surface area contributed by atoms with Crippen LogP contribution in [0.3, 0.4) is 0 Å². The van der Waals surface area contributed by atoms with E-state index >= 15 is 0 Å². The van der Waals surface area contributed by atoms with Gasteiger partial charge in [-0.15, -0.1) is 0 Å². The number of benzene rings is 16. The van der Waals surface area contributed by atoms with Crippen molar-refractivity contribution in [2.45, 2.75) is 0 Å². The lowest BCUT2D eigenvalue weighted by Gasteiger charge is -2.16. The van der Waals surface area contributed by atoms with Gasteiger partial charge in [-0.2, -0.15) is 5.26 Å². The number of oxazole rings is 1. The van der Waals surface area contributed by atoms with Crippen molar-refractivity contribution in [3.05, 3.63) is 345 Å². The van der Waals surface area contributed by atoms with Gasteiger partial charge in [-0.25, -0.2) is 15.0 Å². The van der Waals surface area contributed by atoms with Crippen molar-refractivity contribution in [3.63, 3.8) is 0 Å². The molecule has 0 atom stereocenters. The van der Waals surface area contributed by atoms with Gasteiger partial charge < -0.3 is 4.42 Å². The van der Waals surface area contributed by atoms with E-state index in [0.717, 1.165) is 105 Å². The molecule has 0 amide bonds. The lowest BCUT2D eigenvalue weighted by molar-refractivity contribution is 0.620. The normalized spacial score (nSPS) is 11.5. The zero-order chi connectivity index (χ0) is 64.3. The molecular formula is C92H56N4O. The third-order valence-corrected chi connectivity index (χ3v) is 19.1. The minimum absolute atomic E-state index is 0.614. The van der Waals surface area contributed by atoms with Crippen molar-refractivity contribution in [1.29, 1.82) is 5.26 Å². The lowest BCUT2D eigenvalue weighted by atomic mass is 9.90. The number of aromatic nitrogens is 3. The van der Waals surface area contributed by atoms with Crippen molar-refractivity contribution in [1.82, 2.24) is 15.0 Å². The molecule has 5 nitrogen and oxygen atoms in total. The van der Waals surface area contributed by atoms with E-state index in [1.807, 2.05) is 48.5 Å². The summed E-state index contributed by atoms with van der Waals surface area (Å²) in [6.07, 6.45) is 0. The van der Waals surface area contributed by atoms with Crippen molar-refractivity contribution >= 4 is 97.5 Å². The van der Waals surface area contributed by atoms with Gasteiger partial charge in [-0.3, -0.25) is 0 Å². The van der Waals surface area contributed by atoms with E-state index in [9.17, 15) is 5.26 Å². The first kappa shape index (κ1) is 56.6. The van der Waals surface area contributed by atoms with E-state index in [0.29, 0.717) is 11.5 Å². The summed E-state index contributed by atoms with van der Waals surface area (Å²) in [5, 5.41) is 25.9. The summed E-state index contributed by atoms with van der Waals surface area (Å²) in [4.78, 5) is 15.5. The Hall–Kier alpha value is -13.1. The molecule has 3 heterocycles. The van der Waals surface area contributed by atoms with Crippen LogP contribution in [-0.4, -0.2) is 15.0 Å². The van der Waals surface area contributed by atoms with E-state index in [2.05, 4.69) is 297 Å². The van der Waals surface area contributed by atoms with E-state index in [1.165, 1.54) is 76.1 Å². The second kappa shape index (κ2) is 23.8. The number of hydrogen-bond acceptors (Lipinski definition) is 5. The van der Waals surface area contributed by atoms with Crippen LogP contribution in [-0.2, 0) is 0 Å². The van der Waals surface area contributed by atoms with E-state index in [-0.39, 0.29) is 0 Å². The predicted octanol–water partition coefficient (Wildman–Crippen LogP) is 24.7. The molecule has 0 saturated carbocycles. The monoisotopic (exact) mass is 1230 g/mol. The van der Waals surface area contributed by atoms with Gasteiger partial charge in [-0.1, -0.05) is 255 Å². The van der Waals surface area contributed by atoms with Crippen molar-refractivity contribution in [2.75, 3.05) is 0 Å². The molecule has 0 bridgehead atoms. The molecule has 19 aromatic rings. The Morgan fingerprint density at radius 2 is 0.557 bits per heavy atom. The van der Waals surface area contributed by atoms with Gasteiger partial charge in [0.1, 0.15) is 5.52 Å². The Morgan fingerprint density at radius 1 is 0.237 bits per heavy atom. The third kappa shape index (κ3) is 10.4. The molecule has 0 aliphatic heterocycles. The minimum atomic E-state index is 0.614. The maximum Gasteiger partial charge on any atom is 0.227 e. The van der Waals surface area contributed by atoms with E-state index < -0.39 is 0 Å². The Bertz CT molecular complexity index is 6350. The number of fused-ring (bicyclic) bond motifs is 11. The first-order valence-electron chi connectivity index (χ1n) is 32.7. The maximum atomic E-state index is 9.21. The average Bonchev–Trinajstić information content (AvgIpc) is 1.29. The van der Waals surface area contributed by atoms with Crippen LogP contribution in [0.2, 0.25) is 0 Å². The Balaban J connectivity index is 0.000000141. The number of nitrogens with zero attached hydrogens (tertiary/aromatic N) is 4. The standard InChI is InChI=1S/C46H28N2O.C46H28N2/c1-3-11-33-25-35(23-17-29(33)9-1)39-27-41-40(36-24-18-30-10-2-4-12-34(30)26-36)28-43(47-45(41)38-14-6-5-13-37(38)39)31-19-21-32(22-20-31)46-48-42-15-7-8-16-44(42)49-46;47-29-30-13-15-33(16-14-30)34-17-21-35(22-18-34)45-28-43(39-24-20-32-8-2-4-10-37(32)26-39)44-27-42(40-11-5-6-12-41(40)46(44)48-45)38-23-19-31-7-1-3-9-36(31)25-38/h1-28H;1-28H. The van der Waals surface area contributed by atoms with Crippen LogP contribution in [0.1, 0.15) is 5.56 Å². The van der Waals surface area contributed by atoms with Crippen LogP contribution in [0.5, 0.6) is 0 Å². The smallest absolute Gasteiger partial charge is 0.227 e. The molecule has 0 N–H and O–H groups in total. The van der Waals surface area contributed by atoms with E-state index in [1.54, 1.807) is 0 Å². The van der Waals surface area contributed by atoms with Gasteiger partial charge in [0.25, 0.3) is 0 Å². The molecule has 0 fully saturated rings. The van der Waals surface area contributed by atoms with Crippen molar-refractivity contribution < 1.29 is 4.42 Å². The number of pyridine rings is 2. The molecule has 97 heavy (non-hydrogen) atoms. The van der Waals surface area contributed by atoms with Crippen LogP contribution < -0.4 is 0 Å². The number of hydrogen-bond donors (Lipinski definition) is 0. The summed E-state index contributed by atoms with van der Waals surface area (Å²) < 4.78 is 6.06. The number of rotatable bonds is 8. The Labute approximate surface area is 559 Å². The molecular weight excluding hydrogens is 1180 g/mol. The van der Waals surface area contributed by atoms with Gasteiger partial charge in [0.15, 0.2) is 5.58 Å². The summed E-state index contributed by atoms with van der Waals surface area (Å²) in [7, 11) is 0. The summed E-state index contributed by atoms with van der Waals surface area (Å²) in [6, 6.07) is 122. The first-order chi connectivity index (χ1) is 48.0. The first-order valence-corrected chi connectivity index (χ1v) is 32.7. The van der Waals surface area contributed by atoms with E-state index in [4.69, 9.17) is 19.4 Å². The van der Waals surface area contributed by atoms with Crippen molar-refractivity contribution in [2.24, 2.45) is 0 Å². The fraction of sp³-hybridized carbons (Fsp3) is 0. The molecule has 16 aromatic carbocycles. The highest BCUT2D eigenvalue weighted by molar-refractivity contribution is 6.18. The largest absolute Gasteiger partial charge is 0.436 e. The number of para-hydroxylation sites is 2. The van der Waals surface area contributed by atoms with Gasteiger partial charge >= 0.3 is 0 Å². The zero-order valence-corrected chi connectivity index (χ0v) is 52.5.